The molecule has 0 spiro atoms. The molecule has 1 N–H and O–H groups in total. The summed E-state index contributed by atoms with van der Waals surface area (Å²) in [6.45, 7) is 5.22. The molecule has 1 unspecified atom stereocenters. The SMILES string of the molecule is CCNC(Cc1cccc(F)c1F)C1(C)CCCCC1. The molecule has 0 aliphatic heterocycles. The maximum Gasteiger partial charge on any atom is 0.162 e. The smallest absolute Gasteiger partial charge is 0.162 e. The van der Waals surface area contributed by atoms with Gasteiger partial charge in [0, 0.05) is 6.04 Å². The van der Waals surface area contributed by atoms with Gasteiger partial charge in [0.15, 0.2) is 11.6 Å². The van der Waals surface area contributed by atoms with Crippen LogP contribution >= 0.6 is 0 Å². The third kappa shape index (κ3) is 3.38. The van der Waals surface area contributed by atoms with E-state index in [-0.39, 0.29) is 11.5 Å². The molecule has 20 heavy (non-hydrogen) atoms. The molecule has 1 atom stereocenters. The van der Waals surface area contributed by atoms with Crippen LogP contribution in [0, 0.1) is 17.0 Å². The van der Waals surface area contributed by atoms with Crippen molar-refractivity contribution in [2.45, 2.75) is 58.4 Å². The fourth-order valence-electron chi connectivity index (χ4n) is 3.45. The molecule has 3 heteroatoms. The summed E-state index contributed by atoms with van der Waals surface area (Å²) < 4.78 is 27.2. The third-order valence-corrected chi connectivity index (χ3v) is 4.74. The van der Waals surface area contributed by atoms with Crippen LogP contribution in [0.2, 0.25) is 0 Å². The fourth-order valence-corrected chi connectivity index (χ4v) is 3.45. The highest BCUT2D eigenvalue weighted by atomic mass is 19.2. The normalized spacial score (nSPS) is 19.8. The van der Waals surface area contributed by atoms with E-state index in [9.17, 15) is 8.78 Å². The molecule has 1 aliphatic carbocycles. The zero-order valence-corrected chi connectivity index (χ0v) is 12.5. The van der Waals surface area contributed by atoms with Gasteiger partial charge in [-0.15, -0.1) is 0 Å². The molecule has 0 amide bonds. The average Bonchev–Trinajstić information content (AvgIpc) is 2.44. The van der Waals surface area contributed by atoms with E-state index < -0.39 is 11.6 Å². The summed E-state index contributed by atoms with van der Waals surface area (Å²) in [7, 11) is 0. The molecule has 0 bridgehead atoms. The van der Waals surface area contributed by atoms with Gasteiger partial charge in [-0.3, -0.25) is 0 Å². The molecule has 2 rings (SSSR count). The van der Waals surface area contributed by atoms with Gasteiger partial charge in [0.05, 0.1) is 0 Å². The lowest BCUT2D eigenvalue weighted by Gasteiger charge is -2.41. The summed E-state index contributed by atoms with van der Waals surface area (Å²) in [6.07, 6.45) is 6.67. The van der Waals surface area contributed by atoms with Crippen molar-refractivity contribution in [1.29, 1.82) is 0 Å². The van der Waals surface area contributed by atoms with Gasteiger partial charge in [0.2, 0.25) is 0 Å². The lowest BCUT2D eigenvalue weighted by atomic mass is 9.69. The highest BCUT2D eigenvalue weighted by molar-refractivity contribution is 5.20. The Hall–Kier alpha value is -0.960. The predicted octanol–water partition coefficient (Wildman–Crippen LogP) is 4.46. The minimum absolute atomic E-state index is 0.188. The quantitative estimate of drug-likeness (QED) is 0.840. The Morgan fingerprint density at radius 2 is 1.90 bits per heavy atom. The van der Waals surface area contributed by atoms with Gasteiger partial charge in [-0.1, -0.05) is 45.2 Å². The van der Waals surface area contributed by atoms with Crippen LogP contribution in [0.3, 0.4) is 0 Å². The van der Waals surface area contributed by atoms with E-state index in [1.807, 2.05) is 0 Å². The Labute approximate surface area is 120 Å². The molecule has 1 aromatic carbocycles. The first-order valence-corrected chi connectivity index (χ1v) is 7.73. The zero-order chi connectivity index (χ0) is 14.6. The molecule has 1 aromatic rings. The molecular weight excluding hydrogens is 256 g/mol. The van der Waals surface area contributed by atoms with Gasteiger partial charge in [0.25, 0.3) is 0 Å². The molecule has 1 nitrogen and oxygen atoms in total. The number of nitrogens with one attached hydrogen (secondary N) is 1. The third-order valence-electron chi connectivity index (χ3n) is 4.74. The van der Waals surface area contributed by atoms with E-state index in [1.54, 1.807) is 12.1 Å². The Balaban J connectivity index is 2.18. The van der Waals surface area contributed by atoms with Crippen LogP contribution in [0.1, 0.15) is 51.5 Å². The molecule has 0 aromatic heterocycles. The maximum atomic E-state index is 13.9. The first-order chi connectivity index (χ1) is 9.57. The minimum Gasteiger partial charge on any atom is -0.313 e. The molecular formula is C17H25F2N. The Kier molecular flexibility index (Phi) is 5.14. The second-order valence-corrected chi connectivity index (χ2v) is 6.24. The standard InChI is InChI=1S/C17H25F2N/c1-3-20-15(17(2)10-5-4-6-11-17)12-13-8-7-9-14(18)16(13)19/h7-9,15,20H,3-6,10-12H2,1-2H3. The van der Waals surface area contributed by atoms with Crippen LogP contribution in [-0.2, 0) is 6.42 Å². The maximum absolute atomic E-state index is 13.9. The lowest BCUT2D eigenvalue weighted by molar-refractivity contribution is 0.144. The Bertz CT molecular complexity index is 439. The lowest BCUT2D eigenvalue weighted by Crippen LogP contribution is -2.46. The topological polar surface area (TPSA) is 12.0 Å². The molecule has 0 heterocycles. The van der Waals surface area contributed by atoms with Crippen molar-refractivity contribution in [3.63, 3.8) is 0 Å². The monoisotopic (exact) mass is 281 g/mol. The van der Waals surface area contributed by atoms with Gasteiger partial charge < -0.3 is 5.32 Å². The van der Waals surface area contributed by atoms with Crippen molar-refractivity contribution in [2.75, 3.05) is 6.54 Å². The van der Waals surface area contributed by atoms with Crippen LogP contribution in [0.5, 0.6) is 0 Å². The summed E-state index contributed by atoms with van der Waals surface area (Å²) in [6, 6.07) is 4.70. The molecule has 1 fully saturated rings. The van der Waals surface area contributed by atoms with Crippen molar-refractivity contribution in [3.8, 4) is 0 Å². The summed E-state index contributed by atoms with van der Waals surface area (Å²) in [5, 5.41) is 3.50. The molecule has 1 aliphatic rings. The summed E-state index contributed by atoms with van der Waals surface area (Å²) in [5.41, 5.74) is 0.676. The van der Waals surface area contributed by atoms with E-state index in [0.29, 0.717) is 12.0 Å². The van der Waals surface area contributed by atoms with Crippen molar-refractivity contribution < 1.29 is 8.78 Å². The van der Waals surface area contributed by atoms with Gasteiger partial charge in [-0.05, 0) is 42.9 Å². The van der Waals surface area contributed by atoms with E-state index in [1.165, 1.54) is 38.2 Å². The number of rotatable bonds is 5. The number of halogens is 2. The Morgan fingerprint density at radius 3 is 2.55 bits per heavy atom. The number of hydrogen-bond acceptors (Lipinski definition) is 1. The molecule has 0 saturated heterocycles. The largest absolute Gasteiger partial charge is 0.313 e. The molecule has 0 radical (unpaired) electrons. The molecule has 1 saturated carbocycles. The number of hydrogen-bond donors (Lipinski definition) is 1. The Morgan fingerprint density at radius 1 is 1.20 bits per heavy atom. The fraction of sp³-hybridized carbons (Fsp3) is 0.647. The van der Waals surface area contributed by atoms with E-state index in [2.05, 4.69) is 19.2 Å². The van der Waals surface area contributed by atoms with Crippen molar-refractivity contribution in [2.24, 2.45) is 5.41 Å². The van der Waals surface area contributed by atoms with Gasteiger partial charge in [0.1, 0.15) is 0 Å². The van der Waals surface area contributed by atoms with Crippen LogP contribution in [0.4, 0.5) is 8.78 Å². The second-order valence-electron chi connectivity index (χ2n) is 6.24. The van der Waals surface area contributed by atoms with Crippen LogP contribution in [0.15, 0.2) is 18.2 Å². The van der Waals surface area contributed by atoms with Gasteiger partial charge in [-0.2, -0.15) is 0 Å². The summed E-state index contributed by atoms with van der Waals surface area (Å²) in [5.74, 6) is -1.43. The summed E-state index contributed by atoms with van der Waals surface area (Å²) in [4.78, 5) is 0. The van der Waals surface area contributed by atoms with Gasteiger partial charge >= 0.3 is 0 Å². The average molecular weight is 281 g/mol. The summed E-state index contributed by atoms with van der Waals surface area (Å²) >= 11 is 0. The predicted molar refractivity (Wildman–Crippen MR) is 78.7 cm³/mol. The van der Waals surface area contributed by atoms with Crippen LogP contribution < -0.4 is 5.32 Å². The first kappa shape index (κ1) is 15.4. The van der Waals surface area contributed by atoms with E-state index >= 15 is 0 Å². The highest BCUT2D eigenvalue weighted by Crippen LogP contribution is 2.40. The van der Waals surface area contributed by atoms with Crippen molar-refractivity contribution in [3.05, 3.63) is 35.4 Å². The zero-order valence-electron chi connectivity index (χ0n) is 12.5. The van der Waals surface area contributed by atoms with E-state index in [0.717, 1.165) is 6.54 Å². The number of likely N-dealkylation sites (N-methyl/N-ethyl adjacent to an activating group) is 1. The minimum atomic E-state index is -0.744. The van der Waals surface area contributed by atoms with Gasteiger partial charge in [-0.25, -0.2) is 8.78 Å². The van der Waals surface area contributed by atoms with E-state index in [4.69, 9.17) is 0 Å². The second kappa shape index (κ2) is 6.66. The first-order valence-electron chi connectivity index (χ1n) is 7.73. The van der Waals surface area contributed by atoms with Crippen molar-refractivity contribution in [1.82, 2.24) is 5.32 Å². The number of benzene rings is 1. The van der Waals surface area contributed by atoms with Crippen molar-refractivity contribution >= 4 is 0 Å². The van der Waals surface area contributed by atoms with Crippen LogP contribution in [-0.4, -0.2) is 12.6 Å². The highest BCUT2D eigenvalue weighted by Gasteiger charge is 2.35. The molecule has 112 valence electrons. The van der Waals surface area contributed by atoms with Crippen LogP contribution in [0.25, 0.3) is 0 Å².